The van der Waals surface area contributed by atoms with Gasteiger partial charge in [-0.2, -0.15) is 4.99 Å². The molecule has 2 amide bonds. The number of amidine groups is 1. The Labute approximate surface area is 216 Å². The number of nitrogens with two attached hydrogens (primary N) is 1. The molecule has 0 unspecified atom stereocenters. The Morgan fingerprint density at radius 3 is 2.51 bits per heavy atom. The Kier molecular flexibility index (Phi) is 7.79. The van der Waals surface area contributed by atoms with Gasteiger partial charge in [0.05, 0.1) is 5.69 Å². The van der Waals surface area contributed by atoms with E-state index in [1.807, 2.05) is 6.07 Å². The summed E-state index contributed by atoms with van der Waals surface area (Å²) in [6.07, 6.45) is 9.00. The van der Waals surface area contributed by atoms with Crippen molar-refractivity contribution in [3.05, 3.63) is 53.5 Å². The molecule has 5 rings (SSSR count). The van der Waals surface area contributed by atoms with Crippen LogP contribution in [-0.4, -0.2) is 59.8 Å². The number of carbonyl (C=O) groups excluding carboxylic acids is 2. The van der Waals surface area contributed by atoms with Crippen molar-refractivity contribution in [2.24, 2.45) is 16.6 Å². The van der Waals surface area contributed by atoms with Gasteiger partial charge in [0.1, 0.15) is 18.3 Å². The van der Waals surface area contributed by atoms with Crippen molar-refractivity contribution < 1.29 is 18.7 Å². The molecule has 1 saturated carbocycles. The Morgan fingerprint density at radius 1 is 1.08 bits per heavy atom. The second kappa shape index (κ2) is 11.4. The van der Waals surface area contributed by atoms with E-state index in [2.05, 4.69) is 19.8 Å². The summed E-state index contributed by atoms with van der Waals surface area (Å²) < 4.78 is 19.4. The molecule has 2 aromatic rings. The standard InChI is InChI=1S/C28H34FN5O3/c29-22-8-4-20(5-9-22)28(36)32-25-16-21-18-31-26(37-15-14-33-12-2-1-3-13-33)17-24(21)34(25)23-10-6-19(7-11-23)27(30)35/h4-5,8-9,17-19,23H,1-3,6-7,10-16H2,(H2,30,35). The van der Waals surface area contributed by atoms with E-state index in [-0.39, 0.29) is 17.9 Å². The van der Waals surface area contributed by atoms with E-state index in [0.717, 1.165) is 43.7 Å². The first-order chi connectivity index (χ1) is 18.0. The molecule has 1 aromatic heterocycles. The molecule has 1 saturated heterocycles. The van der Waals surface area contributed by atoms with Gasteiger partial charge in [-0.3, -0.25) is 14.5 Å². The number of fused-ring (bicyclic) bond motifs is 1. The van der Waals surface area contributed by atoms with Gasteiger partial charge in [0.2, 0.25) is 11.8 Å². The number of aliphatic imine (C=N–C) groups is 1. The highest BCUT2D eigenvalue weighted by Gasteiger charge is 2.36. The molecule has 2 aliphatic heterocycles. The second-order valence-corrected chi connectivity index (χ2v) is 10.2. The van der Waals surface area contributed by atoms with E-state index in [1.54, 1.807) is 6.20 Å². The number of ether oxygens (including phenoxy) is 1. The van der Waals surface area contributed by atoms with Crippen LogP contribution in [0.4, 0.5) is 10.1 Å². The van der Waals surface area contributed by atoms with E-state index in [4.69, 9.17) is 10.5 Å². The van der Waals surface area contributed by atoms with Crippen molar-refractivity contribution in [3.8, 4) is 5.88 Å². The number of primary amides is 1. The lowest BCUT2D eigenvalue weighted by Crippen LogP contribution is -2.42. The number of rotatable bonds is 7. The number of piperidine rings is 1. The van der Waals surface area contributed by atoms with E-state index >= 15 is 0 Å². The average Bonchev–Trinajstić information content (AvgIpc) is 3.26. The Balaban J connectivity index is 1.36. The first kappa shape index (κ1) is 25.3. The molecule has 3 heterocycles. The topological polar surface area (TPSA) is 101 Å². The molecule has 196 valence electrons. The van der Waals surface area contributed by atoms with Crippen LogP contribution in [0.25, 0.3) is 0 Å². The highest BCUT2D eigenvalue weighted by atomic mass is 19.1. The number of halogens is 1. The molecular formula is C28H34FN5O3. The van der Waals surface area contributed by atoms with E-state index in [0.29, 0.717) is 43.1 Å². The van der Waals surface area contributed by atoms with Crippen LogP contribution < -0.4 is 15.4 Å². The maximum absolute atomic E-state index is 13.3. The van der Waals surface area contributed by atoms with Gasteiger partial charge in [-0.1, -0.05) is 6.42 Å². The lowest BCUT2D eigenvalue weighted by Gasteiger charge is -2.35. The fraction of sp³-hybridized carbons (Fsp3) is 0.500. The number of likely N-dealkylation sites (tertiary alicyclic amines) is 1. The van der Waals surface area contributed by atoms with Crippen LogP contribution in [0.2, 0.25) is 0 Å². The van der Waals surface area contributed by atoms with Crippen LogP contribution >= 0.6 is 0 Å². The molecule has 8 nitrogen and oxygen atoms in total. The Hall–Kier alpha value is -3.33. The van der Waals surface area contributed by atoms with Crippen LogP contribution in [0.1, 0.15) is 60.9 Å². The number of hydrogen-bond acceptors (Lipinski definition) is 5. The van der Waals surface area contributed by atoms with Crippen molar-refractivity contribution in [2.75, 3.05) is 31.1 Å². The molecule has 3 aliphatic rings. The number of hydrogen-bond donors (Lipinski definition) is 1. The largest absolute Gasteiger partial charge is 0.476 e. The summed E-state index contributed by atoms with van der Waals surface area (Å²) in [4.78, 5) is 38.2. The number of amides is 2. The third-order valence-corrected chi connectivity index (χ3v) is 7.72. The summed E-state index contributed by atoms with van der Waals surface area (Å²) in [5, 5.41) is 0. The number of benzene rings is 1. The smallest absolute Gasteiger partial charge is 0.278 e. The quantitative estimate of drug-likeness (QED) is 0.613. The first-order valence-corrected chi connectivity index (χ1v) is 13.3. The Bertz CT molecular complexity index is 1150. The number of carbonyl (C=O) groups is 2. The predicted octanol–water partition coefficient (Wildman–Crippen LogP) is 3.73. The fourth-order valence-corrected chi connectivity index (χ4v) is 5.64. The van der Waals surface area contributed by atoms with Gasteiger partial charge in [-0.25, -0.2) is 9.37 Å². The zero-order chi connectivity index (χ0) is 25.8. The Morgan fingerprint density at radius 2 is 1.81 bits per heavy atom. The first-order valence-electron chi connectivity index (χ1n) is 13.3. The molecule has 2 fully saturated rings. The molecular weight excluding hydrogens is 473 g/mol. The number of nitrogens with zero attached hydrogens (tertiary/aromatic N) is 4. The van der Waals surface area contributed by atoms with Crippen molar-refractivity contribution in [3.63, 3.8) is 0 Å². The van der Waals surface area contributed by atoms with Crippen molar-refractivity contribution in [1.29, 1.82) is 0 Å². The minimum absolute atomic E-state index is 0.0835. The monoisotopic (exact) mass is 507 g/mol. The van der Waals surface area contributed by atoms with Crippen LogP contribution in [0.3, 0.4) is 0 Å². The van der Waals surface area contributed by atoms with Crippen LogP contribution in [-0.2, 0) is 11.2 Å². The third-order valence-electron chi connectivity index (χ3n) is 7.72. The zero-order valence-corrected chi connectivity index (χ0v) is 21.1. The molecule has 1 aliphatic carbocycles. The van der Waals surface area contributed by atoms with Gasteiger partial charge < -0.3 is 15.4 Å². The van der Waals surface area contributed by atoms with E-state index < -0.39 is 11.7 Å². The van der Waals surface area contributed by atoms with Crippen LogP contribution in [0.5, 0.6) is 5.88 Å². The summed E-state index contributed by atoms with van der Waals surface area (Å²) in [5.74, 6) is 0.00512. The summed E-state index contributed by atoms with van der Waals surface area (Å²) in [6.45, 7) is 3.67. The maximum Gasteiger partial charge on any atom is 0.278 e. The summed E-state index contributed by atoms with van der Waals surface area (Å²) in [6, 6.07) is 7.44. The number of aromatic nitrogens is 1. The molecule has 0 atom stereocenters. The third kappa shape index (κ3) is 5.98. The van der Waals surface area contributed by atoms with Gasteiger partial charge in [-0.05, 0) is 75.9 Å². The minimum Gasteiger partial charge on any atom is -0.476 e. The lowest BCUT2D eigenvalue weighted by atomic mass is 9.85. The molecule has 2 N–H and O–H groups in total. The van der Waals surface area contributed by atoms with Crippen LogP contribution in [0, 0.1) is 11.7 Å². The average molecular weight is 508 g/mol. The highest BCUT2D eigenvalue weighted by Crippen LogP contribution is 2.38. The van der Waals surface area contributed by atoms with Crippen LogP contribution in [0.15, 0.2) is 41.5 Å². The highest BCUT2D eigenvalue weighted by molar-refractivity contribution is 6.12. The predicted molar refractivity (Wildman–Crippen MR) is 139 cm³/mol. The normalized spacial score (nSPS) is 23.2. The maximum atomic E-state index is 13.3. The van der Waals surface area contributed by atoms with Gasteiger partial charge >= 0.3 is 0 Å². The number of anilines is 1. The molecule has 0 radical (unpaired) electrons. The van der Waals surface area contributed by atoms with E-state index in [1.165, 1.54) is 43.5 Å². The molecule has 37 heavy (non-hydrogen) atoms. The molecule has 0 bridgehead atoms. The van der Waals surface area contributed by atoms with Crippen molar-refractivity contribution in [1.82, 2.24) is 9.88 Å². The molecule has 1 aromatic carbocycles. The molecule has 9 heteroatoms. The van der Waals surface area contributed by atoms with Gasteiger partial charge in [0.15, 0.2) is 0 Å². The molecule has 0 spiro atoms. The summed E-state index contributed by atoms with van der Waals surface area (Å²) in [5.41, 5.74) is 7.81. The van der Waals surface area contributed by atoms with Crippen molar-refractivity contribution >= 4 is 23.3 Å². The van der Waals surface area contributed by atoms with Gasteiger partial charge in [0, 0.05) is 48.3 Å². The van der Waals surface area contributed by atoms with Gasteiger partial charge in [0.25, 0.3) is 5.91 Å². The summed E-state index contributed by atoms with van der Waals surface area (Å²) in [7, 11) is 0. The van der Waals surface area contributed by atoms with E-state index in [9.17, 15) is 14.0 Å². The second-order valence-electron chi connectivity index (χ2n) is 10.2. The SMILES string of the molecule is NC(=O)C1CCC(N2C(=NC(=O)c3ccc(F)cc3)Cc3cnc(OCCN4CCCCC4)cc32)CC1. The minimum atomic E-state index is -0.412. The van der Waals surface area contributed by atoms with Crippen molar-refractivity contribution in [2.45, 2.75) is 57.4 Å². The zero-order valence-electron chi connectivity index (χ0n) is 21.1. The number of pyridine rings is 1. The summed E-state index contributed by atoms with van der Waals surface area (Å²) >= 11 is 0. The fourth-order valence-electron chi connectivity index (χ4n) is 5.64. The lowest BCUT2D eigenvalue weighted by molar-refractivity contribution is -0.122. The van der Waals surface area contributed by atoms with Gasteiger partial charge in [-0.15, -0.1) is 0 Å².